The highest BCUT2D eigenvalue weighted by atomic mass is 32.1. The molecule has 1 aromatic heterocycles. The molecule has 5 N–H and O–H groups in total. The molecule has 1 amide bonds. The van der Waals surface area contributed by atoms with Crippen molar-refractivity contribution in [2.45, 2.75) is 25.2 Å². The molecular formula is C22H21F4N5O5S. The second-order valence-corrected chi connectivity index (χ2v) is 8.86. The number of thiazole rings is 1. The van der Waals surface area contributed by atoms with Crippen LogP contribution in [0.1, 0.15) is 17.3 Å². The molecule has 3 aromatic rings. The summed E-state index contributed by atoms with van der Waals surface area (Å²) in [5.74, 6) is -4.32. The predicted molar refractivity (Wildman–Crippen MR) is 128 cm³/mol. The van der Waals surface area contributed by atoms with Gasteiger partial charge in [0.15, 0.2) is 11.2 Å². The molecule has 198 valence electrons. The zero-order valence-electron chi connectivity index (χ0n) is 19.1. The summed E-state index contributed by atoms with van der Waals surface area (Å²) in [5.41, 5.74) is 6.55. The standard InChI is InChI=1S/C22H21F4N5O5S/c1-2-35-17(18(27)32)21(29-14-9-11(19(33)34)3-6-15(14)31(21)8-7-23)30-20-28-13-5-4-12(10-16(13)37-20)36-22(24,25)26/h3-6,9-10,17,29H,2,7-8H2,1H3,(H2,27,32)(H,28,30)(H,33,34). The maximum absolute atomic E-state index is 13.8. The Kier molecular flexibility index (Phi) is 7.01. The van der Waals surface area contributed by atoms with Crippen LogP contribution in [0.3, 0.4) is 0 Å². The number of nitrogens with two attached hydrogens (primary N) is 1. The lowest BCUT2D eigenvalue weighted by molar-refractivity contribution is -0.274. The molecule has 0 radical (unpaired) electrons. The molecule has 1 aliphatic rings. The van der Waals surface area contributed by atoms with E-state index in [-0.39, 0.29) is 29.5 Å². The second kappa shape index (κ2) is 9.89. The number of carboxylic acid groups (broad SMARTS) is 1. The third kappa shape index (κ3) is 5.17. The van der Waals surface area contributed by atoms with Crippen LogP contribution in [-0.2, 0) is 9.53 Å². The highest BCUT2D eigenvalue weighted by Crippen LogP contribution is 2.44. The summed E-state index contributed by atoms with van der Waals surface area (Å²) in [5, 5.41) is 15.6. The number of rotatable bonds is 10. The van der Waals surface area contributed by atoms with Crippen LogP contribution in [0.5, 0.6) is 5.75 Å². The zero-order chi connectivity index (χ0) is 27.0. The van der Waals surface area contributed by atoms with Gasteiger partial charge in [0, 0.05) is 12.7 Å². The minimum atomic E-state index is -4.88. The molecule has 2 unspecified atom stereocenters. The summed E-state index contributed by atoms with van der Waals surface area (Å²) in [6.45, 7) is 0.538. The van der Waals surface area contributed by atoms with E-state index in [4.69, 9.17) is 10.5 Å². The van der Waals surface area contributed by atoms with Crippen LogP contribution in [-0.4, -0.2) is 60.0 Å². The SMILES string of the molecule is CCOC(C(N)=O)C1(Nc2nc3ccc(OC(F)(F)F)cc3s2)Nc2cc(C(=O)O)ccc2N1CCF. The molecule has 0 bridgehead atoms. The van der Waals surface area contributed by atoms with Gasteiger partial charge in [-0.25, -0.2) is 14.2 Å². The molecule has 15 heteroatoms. The van der Waals surface area contributed by atoms with Crippen LogP contribution in [0.15, 0.2) is 36.4 Å². The average Bonchev–Trinajstić information content (AvgIpc) is 3.34. The molecule has 1 aliphatic heterocycles. The van der Waals surface area contributed by atoms with Crippen LogP contribution in [0, 0.1) is 0 Å². The van der Waals surface area contributed by atoms with E-state index in [9.17, 15) is 32.3 Å². The number of halogens is 4. The molecule has 2 atom stereocenters. The van der Waals surface area contributed by atoms with Crippen molar-refractivity contribution in [3.8, 4) is 5.75 Å². The van der Waals surface area contributed by atoms with Crippen LogP contribution in [0.4, 0.5) is 34.1 Å². The fraction of sp³-hybridized carbons (Fsp3) is 0.318. The maximum Gasteiger partial charge on any atom is 0.573 e. The number of fused-ring (bicyclic) bond motifs is 2. The first-order valence-corrected chi connectivity index (χ1v) is 11.6. The largest absolute Gasteiger partial charge is 0.573 e. The number of nitrogens with zero attached hydrogens (tertiary/aromatic N) is 2. The van der Waals surface area contributed by atoms with Crippen molar-refractivity contribution in [2.75, 3.05) is 35.4 Å². The summed E-state index contributed by atoms with van der Waals surface area (Å²) >= 11 is 0.945. The lowest BCUT2D eigenvalue weighted by Crippen LogP contribution is -2.69. The van der Waals surface area contributed by atoms with Crippen LogP contribution in [0.25, 0.3) is 10.2 Å². The lowest BCUT2D eigenvalue weighted by atomic mass is 10.1. The molecule has 2 aromatic carbocycles. The fourth-order valence-corrected chi connectivity index (χ4v) is 5.07. The highest BCUT2D eigenvalue weighted by Gasteiger charge is 2.53. The number of aromatic nitrogens is 1. The molecule has 2 heterocycles. The number of carbonyl (C=O) groups excluding carboxylic acids is 1. The van der Waals surface area contributed by atoms with Crippen LogP contribution in [0.2, 0.25) is 0 Å². The van der Waals surface area contributed by atoms with E-state index in [0.29, 0.717) is 15.9 Å². The molecule has 0 saturated carbocycles. The van der Waals surface area contributed by atoms with Crippen molar-refractivity contribution in [3.63, 3.8) is 0 Å². The molecule has 37 heavy (non-hydrogen) atoms. The number of aromatic carboxylic acids is 1. The first-order chi connectivity index (χ1) is 17.5. The summed E-state index contributed by atoms with van der Waals surface area (Å²) in [6, 6.07) is 7.68. The number of hydrogen-bond donors (Lipinski definition) is 4. The molecule has 0 spiro atoms. The van der Waals surface area contributed by atoms with Gasteiger partial charge < -0.3 is 35.8 Å². The number of nitrogens with one attached hydrogen (secondary N) is 2. The number of ether oxygens (including phenoxy) is 2. The Bertz CT molecular complexity index is 1340. The van der Waals surface area contributed by atoms with Crippen molar-refractivity contribution in [1.82, 2.24) is 4.98 Å². The van der Waals surface area contributed by atoms with Gasteiger partial charge in [0.05, 0.1) is 33.7 Å². The second-order valence-electron chi connectivity index (χ2n) is 7.83. The topological polar surface area (TPSA) is 139 Å². The number of carbonyl (C=O) groups is 2. The quantitative estimate of drug-likeness (QED) is 0.282. The fourth-order valence-electron chi connectivity index (χ4n) is 4.11. The van der Waals surface area contributed by atoms with Crippen molar-refractivity contribution < 1.29 is 41.7 Å². The number of anilines is 3. The van der Waals surface area contributed by atoms with E-state index < -0.39 is 42.6 Å². The minimum absolute atomic E-state index is 0.0386. The van der Waals surface area contributed by atoms with Gasteiger partial charge in [-0.1, -0.05) is 11.3 Å². The third-order valence-corrected chi connectivity index (χ3v) is 6.39. The van der Waals surface area contributed by atoms with Crippen molar-refractivity contribution in [1.29, 1.82) is 0 Å². The lowest BCUT2D eigenvalue weighted by Gasteiger charge is -2.43. The Balaban J connectivity index is 1.81. The van der Waals surface area contributed by atoms with Gasteiger partial charge in [0.2, 0.25) is 5.79 Å². The van der Waals surface area contributed by atoms with E-state index >= 15 is 0 Å². The van der Waals surface area contributed by atoms with Gasteiger partial charge in [-0.3, -0.25) is 4.79 Å². The van der Waals surface area contributed by atoms with E-state index in [2.05, 4.69) is 20.4 Å². The smallest absolute Gasteiger partial charge is 0.478 e. The average molecular weight is 543 g/mol. The van der Waals surface area contributed by atoms with Gasteiger partial charge >= 0.3 is 12.3 Å². The molecular weight excluding hydrogens is 522 g/mol. The summed E-state index contributed by atoms with van der Waals surface area (Å²) in [4.78, 5) is 29.9. The normalized spacial score (nSPS) is 17.8. The maximum atomic E-state index is 13.8. The van der Waals surface area contributed by atoms with Crippen molar-refractivity contribution >= 4 is 49.9 Å². The van der Waals surface area contributed by atoms with Gasteiger partial charge in [-0.2, -0.15) is 0 Å². The molecule has 0 saturated heterocycles. The summed E-state index contributed by atoms with van der Waals surface area (Å²) < 4.78 is 61.6. The van der Waals surface area contributed by atoms with E-state index in [1.807, 2.05) is 0 Å². The van der Waals surface area contributed by atoms with Gasteiger partial charge in [-0.05, 0) is 37.3 Å². The molecule has 10 nitrogen and oxygen atoms in total. The Morgan fingerprint density at radius 1 is 1.30 bits per heavy atom. The van der Waals surface area contributed by atoms with E-state index in [0.717, 1.165) is 23.5 Å². The first-order valence-electron chi connectivity index (χ1n) is 10.8. The van der Waals surface area contributed by atoms with Crippen LogP contribution < -0.4 is 26.0 Å². The number of benzene rings is 2. The van der Waals surface area contributed by atoms with Crippen molar-refractivity contribution in [2.24, 2.45) is 5.73 Å². The van der Waals surface area contributed by atoms with E-state index in [1.54, 1.807) is 6.92 Å². The summed E-state index contributed by atoms with van der Waals surface area (Å²) in [7, 11) is 0. The first kappa shape index (κ1) is 26.2. The summed E-state index contributed by atoms with van der Waals surface area (Å²) in [6.07, 6.45) is -6.32. The zero-order valence-corrected chi connectivity index (χ0v) is 20.0. The number of carboxylic acids is 1. The Labute approximate surface area is 211 Å². The van der Waals surface area contributed by atoms with Crippen molar-refractivity contribution in [3.05, 3.63) is 42.0 Å². The number of amides is 1. The van der Waals surface area contributed by atoms with Gasteiger partial charge in [0.25, 0.3) is 5.91 Å². The number of alkyl halides is 4. The highest BCUT2D eigenvalue weighted by molar-refractivity contribution is 7.22. The third-order valence-electron chi connectivity index (χ3n) is 5.46. The van der Waals surface area contributed by atoms with Crippen LogP contribution >= 0.6 is 11.3 Å². The Morgan fingerprint density at radius 3 is 2.68 bits per heavy atom. The predicted octanol–water partition coefficient (Wildman–Crippen LogP) is 3.75. The molecule has 0 aliphatic carbocycles. The Morgan fingerprint density at radius 2 is 2.05 bits per heavy atom. The monoisotopic (exact) mass is 543 g/mol. The Hall–Kier alpha value is -3.85. The van der Waals surface area contributed by atoms with E-state index in [1.165, 1.54) is 29.2 Å². The minimum Gasteiger partial charge on any atom is -0.478 e. The van der Waals surface area contributed by atoms with Gasteiger partial charge in [0.1, 0.15) is 12.4 Å². The molecule has 0 fully saturated rings. The molecule has 4 rings (SSSR count). The number of primary amides is 1. The number of hydrogen-bond acceptors (Lipinski definition) is 9. The van der Waals surface area contributed by atoms with Gasteiger partial charge in [-0.15, -0.1) is 13.2 Å².